The summed E-state index contributed by atoms with van der Waals surface area (Å²) in [6, 6.07) is 5.68. The van der Waals surface area contributed by atoms with Crippen LogP contribution >= 0.6 is 0 Å². The lowest BCUT2D eigenvalue weighted by atomic mass is 10.2. The molecule has 7 heteroatoms. The Morgan fingerprint density at radius 2 is 2.06 bits per heavy atom. The van der Waals surface area contributed by atoms with Crippen LogP contribution in [0.4, 0.5) is 10.1 Å². The smallest absolute Gasteiger partial charge is 0.208 e. The highest BCUT2D eigenvalue weighted by Crippen LogP contribution is 2.12. The zero-order chi connectivity index (χ0) is 12.9. The van der Waals surface area contributed by atoms with Crippen molar-refractivity contribution in [2.24, 2.45) is 0 Å². The van der Waals surface area contributed by atoms with Crippen LogP contribution in [0.5, 0.6) is 0 Å². The quantitative estimate of drug-likeness (QED) is 0.759. The first-order valence-corrected chi connectivity index (χ1v) is 6.69. The average Bonchev–Trinajstić information content (AvgIpc) is 2.22. The number of nitriles is 1. The van der Waals surface area contributed by atoms with E-state index in [0.717, 1.165) is 12.3 Å². The molecule has 1 aromatic carbocycles. The highest BCUT2D eigenvalue weighted by atomic mass is 32.2. The molecule has 0 fully saturated rings. The Morgan fingerprint density at radius 1 is 1.35 bits per heavy atom. The SMILES string of the molecule is CS(=O)(=O)NCCNc1cc(F)cc(C#N)c1. The third kappa shape index (κ3) is 5.29. The van der Waals surface area contributed by atoms with Gasteiger partial charge in [0.25, 0.3) is 0 Å². The molecule has 2 N–H and O–H groups in total. The second kappa shape index (κ2) is 5.61. The fourth-order valence-corrected chi connectivity index (χ4v) is 1.67. The van der Waals surface area contributed by atoms with Crippen LogP contribution in [0.1, 0.15) is 5.56 Å². The molecule has 0 unspecified atom stereocenters. The van der Waals surface area contributed by atoms with E-state index in [0.29, 0.717) is 12.2 Å². The summed E-state index contributed by atoms with van der Waals surface area (Å²) >= 11 is 0. The second-order valence-electron chi connectivity index (χ2n) is 3.43. The molecule has 0 saturated carbocycles. The molecule has 0 atom stereocenters. The number of benzene rings is 1. The first kappa shape index (κ1) is 13.4. The molecule has 0 bridgehead atoms. The maximum atomic E-state index is 13.0. The summed E-state index contributed by atoms with van der Waals surface area (Å²) in [5.74, 6) is -0.511. The van der Waals surface area contributed by atoms with Crippen molar-refractivity contribution in [3.8, 4) is 6.07 Å². The van der Waals surface area contributed by atoms with Crippen LogP contribution in [0.25, 0.3) is 0 Å². The van der Waals surface area contributed by atoms with Crippen LogP contribution in [0, 0.1) is 17.1 Å². The molecule has 1 aromatic rings. The van der Waals surface area contributed by atoms with E-state index in [1.165, 1.54) is 12.1 Å². The highest BCUT2D eigenvalue weighted by molar-refractivity contribution is 7.88. The molecule has 0 aliphatic heterocycles. The van der Waals surface area contributed by atoms with E-state index >= 15 is 0 Å². The van der Waals surface area contributed by atoms with Gasteiger partial charge in [-0.25, -0.2) is 17.5 Å². The predicted octanol–water partition coefficient (Wildman–Crippen LogP) is 0.658. The van der Waals surface area contributed by atoms with Crippen LogP contribution in [-0.4, -0.2) is 27.8 Å². The minimum absolute atomic E-state index is 0.192. The summed E-state index contributed by atoms with van der Waals surface area (Å²) in [5.41, 5.74) is 0.653. The third-order valence-corrected chi connectivity index (χ3v) is 2.57. The van der Waals surface area contributed by atoms with Gasteiger partial charge in [-0.1, -0.05) is 0 Å². The largest absolute Gasteiger partial charge is 0.384 e. The van der Waals surface area contributed by atoms with Crippen LogP contribution < -0.4 is 10.0 Å². The van der Waals surface area contributed by atoms with Crippen molar-refractivity contribution in [1.29, 1.82) is 5.26 Å². The van der Waals surface area contributed by atoms with E-state index in [-0.39, 0.29) is 12.1 Å². The van der Waals surface area contributed by atoms with E-state index in [2.05, 4.69) is 10.0 Å². The Labute approximate surface area is 99.3 Å². The van der Waals surface area contributed by atoms with Gasteiger partial charge in [-0.15, -0.1) is 0 Å². The van der Waals surface area contributed by atoms with Gasteiger partial charge in [0.2, 0.25) is 10.0 Å². The number of halogens is 1. The minimum atomic E-state index is -3.22. The molecule has 5 nitrogen and oxygen atoms in total. The molecular formula is C10H12FN3O2S. The van der Waals surface area contributed by atoms with Gasteiger partial charge in [-0.3, -0.25) is 0 Å². The van der Waals surface area contributed by atoms with Gasteiger partial charge in [-0.2, -0.15) is 5.26 Å². The highest BCUT2D eigenvalue weighted by Gasteiger charge is 2.01. The Hall–Kier alpha value is -1.65. The second-order valence-corrected chi connectivity index (χ2v) is 5.27. The molecule has 0 spiro atoms. The Bertz CT molecular complexity index is 537. The van der Waals surface area contributed by atoms with Gasteiger partial charge < -0.3 is 5.32 Å². The number of sulfonamides is 1. The topological polar surface area (TPSA) is 82.0 Å². The van der Waals surface area contributed by atoms with E-state index in [1.54, 1.807) is 0 Å². The monoisotopic (exact) mass is 257 g/mol. The van der Waals surface area contributed by atoms with Gasteiger partial charge in [-0.05, 0) is 18.2 Å². The molecule has 0 amide bonds. The maximum absolute atomic E-state index is 13.0. The fraction of sp³-hybridized carbons (Fsp3) is 0.300. The third-order valence-electron chi connectivity index (χ3n) is 1.85. The van der Waals surface area contributed by atoms with E-state index in [4.69, 9.17) is 5.26 Å². The molecule has 0 aliphatic rings. The van der Waals surface area contributed by atoms with Crippen molar-refractivity contribution in [3.63, 3.8) is 0 Å². The lowest BCUT2D eigenvalue weighted by Gasteiger charge is -2.07. The van der Waals surface area contributed by atoms with Gasteiger partial charge in [0.05, 0.1) is 17.9 Å². The molecule has 0 aromatic heterocycles. The summed E-state index contributed by atoms with van der Waals surface area (Å²) in [6.45, 7) is 0.499. The van der Waals surface area contributed by atoms with Gasteiger partial charge in [0, 0.05) is 18.8 Å². The molecule has 0 heterocycles. The van der Waals surface area contributed by atoms with Crippen molar-refractivity contribution in [2.75, 3.05) is 24.7 Å². The summed E-state index contributed by atoms with van der Waals surface area (Å²) in [5, 5.41) is 11.4. The molecule has 92 valence electrons. The number of hydrogen-bond acceptors (Lipinski definition) is 4. The normalized spacial score (nSPS) is 10.9. The number of nitrogens with zero attached hydrogens (tertiary/aromatic N) is 1. The molecule has 0 radical (unpaired) electrons. The predicted molar refractivity (Wildman–Crippen MR) is 62.5 cm³/mol. The first-order valence-electron chi connectivity index (χ1n) is 4.80. The van der Waals surface area contributed by atoms with Gasteiger partial charge in [0.15, 0.2) is 0 Å². The number of nitrogens with one attached hydrogen (secondary N) is 2. The number of rotatable bonds is 5. The number of anilines is 1. The molecule has 1 rings (SSSR count). The standard InChI is InChI=1S/C10H12FN3O2S/c1-17(15,16)14-3-2-13-10-5-8(7-12)4-9(11)6-10/h4-6,13-14H,2-3H2,1H3. The summed E-state index contributed by atoms with van der Waals surface area (Å²) in [4.78, 5) is 0. The van der Waals surface area contributed by atoms with Crippen molar-refractivity contribution < 1.29 is 12.8 Å². The summed E-state index contributed by atoms with van der Waals surface area (Å²) in [7, 11) is -3.22. The Kier molecular flexibility index (Phi) is 4.43. The molecular weight excluding hydrogens is 245 g/mol. The van der Waals surface area contributed by atoms with Crippen LogP contribution in [0.15, 0.2) is 18.2 Å². The van der Waals surface area contributed by atoms with E-state index in [1.807, 2.05) is 6.07 Å². The molecule has 0 aliphatic carbocycles. The van der Waals surface area contributed by atoms with E-state index < -0.39 is 15.8 Å². The molecule has 17 heavy (non-hydrogen) atoms. The average molecular weight is 257 g/mol. The summed E-state index contributed by atoms with van der Waals surface area (Å²) < 4.78 is 36.8. The lowest BCUT2D eigenvalue weighted by molar-refractivity contribution is 0.589. The van der Waals surface area contributed by atoms with Crippen molar-refractivity contribution in [3.05, 3.63) is 29.6 Å². The first-order chi connectivity index (χ1) is 7.90. The number of hydrogen-bond donors (Lipinski definition) is 2. The van der Waals surface area contributed by atoms with Crippen LogP contribution in [-0.2, 0) is 10.0 Å². The minimum Gasteiger partial charge on any atom is -0.384 e. The maximum Gasteiger partial charge on any atom is 0.208 e. The zero-order valence-corrected chi connectivity index (χ0v) is 10.0. The van der Waals surface area contributed by atoms with Gasteiger partial charge >= 0.3 is 0 Å². The summed E-state index contributed by atoms with van der Waals surface area (Å²) in [6.07, 6.45) is 1.06. The zero-order valence-electron chi connectivity index (χ0n) is 9.20. The fourth-order valence-electron chi connectivity index (χ4n) is 1.20. The van der Waals surface area contributed by atoms with Crippen LogP contribution in [0.3, 0.4) is 0 Å². The Morgan fingerprint density at radius 3 is 2.65 bits per heavy atom. The van der Waals surface area contributed by atoms with Crippen molar-refractivity contribution in [2.45, 2.75) is 0 Å². The van der Waals surface area contributed by atoms with Crippen LogP contribution in [0.2, 0.25) is 0 Å². The van der Waals surface area contributed by atoms with Crippen molar-refractivity contribution >= 4 is 15.7 Å². The molecule has 0 saturated heterocycles. The Balaban J connectivity index is 2.53. The lowest BCUT2D eigenvalue weighted by Crippen LogP contribution is -2.27. The van der Waals surface area contributed by atoms with Gasteiger partial charge in [0.1, 0.15) is 5.82 Å². The van der Waals surface area contributed by atoms with E-state index in [9.17, 15) is 12.8 Å². The van der Waals surface area contributed by atoms with Crippen molar-refractivity contribution in [1.82, 2.24) is 4.72 Å².